The second kappa shape index (κ2) is 6.98. The Labute approximate surface area is 133 Å². The van der Waals surface area contributed by atoms with E-state index in [-0.39, 0.29) is 0 Å². The molecule has 5 nitrogen and oxygen atoms in total. The number of rotatable bonds is 5. The van der Waals surface area contributed by atoms with Gasteiger partial charge in [-0.1, -0.05) is 0 Å². The maximum atomic E-state index is 12.7. The van der Waals surface area contributed by atoms with Crippen LogP contribution in [0.4, 0.5) is 0 Å². The summed E-state index contributed by atoms with van der Waals surface area (Å²) in [4.78, 5) is 1.83. The summed E-state index contributed by atoms with van der Waals surface area (Å²) in [6, 6.07) is 7.72. The fourth-order valence-electron chi connectivity index (χ4n) is 2.92. The monoisotopic (exact) mass is 327 g/mol. The Morgan fingerprint density at radius 1 is 1.18 bits per heavy atom. The second-order valence-corrected chi connectivity index (χ2v) is 8.19. The first-order valence-corrected chi connectivity index (χ1v) is 9.27. The van der Waals surface area contributed by atoms with Crippen LogP contribution in [0, 0.1) is 0 Å². The summed E-state index contributed by atoms with van der Waals surface area (Å²) >= 11 is 0. The molecule has 124 valence electrons. The third-order valence-electron chi connectivity index (χ3n) is 4.71. The van der Waals surface area contributed by atoms with Gasteiger partial charge in [0, 0.05) is 25.9 Å². The van der Waals surface area contributed by atoms with Gasteiger partial charge in [0.05, 0.1) is 31.1 Å². The Morgan fingerprint density at radius 2 is 1.73 bits per heavy atom. The number of nitrogens with one attached hydrogen (secondary N) is 1. The van der Waals surface area contributed by atoms with E-state index >= 15 is 0 Å². The fraction of sp³-hybridized carbons (Fsp3) is 0.625. The molecule has 0 aliphatic carbocycles. The zero-order valence-electron chi connectivity index (χ0n) is 13.9. The lowest BCUT2D eigenvalue weighted by molar-refractivity contribution is -0.928. The SMILES string of the molecule is COc1ccc(S(=O)(=O)N2CCC([NH+](C)C(C)C)CC2)cc1. The lowest BCUT2D eigenvalue weighted by Gasteiger charge is -2.35. The summed E-state index contributed by atoms with van der Waals surface area (Å²) in [7, 11) is 0.381. The zero-order valence-corrected chi connectivity index (χ0v) is 14.7. The van der Waals surface area contributed by atoms with Gasteiger partial charge in [0.15, 0.2) is 0 Å². The molecule has 1 aromatic rings. The van der Waals surface area contributed by atoms with Crippen LogP contribution in [-0.4, -0.2) is 52.1 Å². The van der Waals surface area contributed by atoms with Gasteiger partial charge in [-0.2, -0.15) is 4.31 Å². The molecule has 22 heavy (non-hydrogen) atoms. The molecule has 1 saturated heterocycles. The minimum atomic E-state index is -3.39. The Hall–Kier alpha value is -1.11. The number of sulfonamides is 1. The maximum absolute atomic E-state index is 12.7. The molecule has 1 unspecified atom stereocenters. The molecule has 1 atom stereocenters. The number of hydrogen-bond acceptors (Lipinski definition) is 3. The van der Waals surface area contributed by atoms with E-state index in [1.807, 2.05) is 0 Å². The van der Waals surface area contributed by atoms with Gasteiger partial charge in [0.2, 0.25) is 10.0 Å². The fourth-order valence-corrected chi connectivity index (χ4v) is 4.39. The van der Waals surface area contributed by atoms with Crippen LogP contribution in [0.5, 0.6) is 5.75 Å². The molecular formula is C16H27N2O3S+. The first-order valence-electron chi connectivity index (χ1n) is 7.83. The van der Waals surface area contributed by atoms with Crippen LogP contribution in [0.1, 0.15) is 26.7 Å². The third kappa shape index (κ3) is 3.62. The molecule has 1 heterocycles. The predicted octanol–water partition coefficient (Wildman–Crippen LogP) is 0.771. The molecule has 6 heteroatoms. The number of nitrogens with zero attached hydrogens (tertiary/aromatic N) is 1. The van der Waals surface area contributed by atoms with Crippen molar-refractivity contribution in [1.82, 2.24) is 4.31 Å². The van der Waals surface area contributed by atoms with E-state index in [0.29, 0.717) is 35.8 Å². The molecule has 1 aliphatic heterocycles. The summed E-state index contributed by atoms with van der Waals surface area (Å²) in [5.74, 6) is 0.666. The summed E-state index contributed by atoms with van der Waals surface area (Å²) in [6.07, 6.45) is 1.83. The largest absolute Gasteiger partial charge is 0.497 e. The lowest BCUT2D eigenvalue weighted by atomic mass is 10.0. The first-order chi connectivity index (χ1) is 10.4. The first kappa shape index (κ1) is 17.2. The number of benzene rings is 1. The highest BCUT2D eigenvalue weighted by Crippen LogP contribution is 2.22. The number of quaternary nitrogens is 1. The van der Waals surface area contributed by atoms with Gasteiger partial charge in [-0.05, 0) is 38.1 Å². The van der Waals surface area contributed by atoms with Gasteiger partial charge in [-0.25, -0.2) is 8.42 Å². The van der Waals surface area contributed by atoms with Crippen molar-refractivity contribution in [3.63, 3.8) is 0 Å². The second-order valence-electron chi connectivity index (χ2n) is 6.25. The van der Waals surface area contributed by atoms with Crippen molar-refractivity contribution >= 4 is 10.0 Å². The molecule has 2 rings (SSSR count). The van der Waals surface area contributed by atoms with Crippen LogP contribution in [0.3, 0.4) is 0 Å². The molecule has 1 N–H and O–H groups in total. The highest BCUT2D eigenvalue weighted by atomic mass is 32.2. The lowest BCUT2D eigenvalue weighted by Crippen LogP contribution is -3.16. The third-order valence-corrected chi connectivity index (χ3v) is 6.62. The molecule has 1 aliphatic rings. The van der Waals surface area contributed by atoms with E-state index < -0.39 is 10.0 Å². The molecule has 0 bridgehead atoms. The summed E-state index contributed by atoms with van der Waals surface area (Å²) in [5, 5.41) is 0. The Morgan fingerprint density at radius 3 is 2.18 bits per heavy atom. The topological polar surface area (TPSA) is 51.1 Å². The molecular weight excluding hydrogens is 300 g/mol. The van der Waals surface area contributed by atoms with Gasteiger partial charge in [-0.15, -0.1) is 0 Å². The van der Waals surface area contributed by atoms with Crippen molar-refractivity contribution in [2.75, 3.05) is 27.2 Å². The average molecular weight is 327 g/mol. The molecule has 0 radical (unpaired) electrons. The molecule has 0 spiro atoms. The van der Waals surface area contributed by atoms with Crippen molar-refractivity contribution in [2.45, 2.75) is 43.7 Å². The van der Waals surface area contributed by atoms with Gasteiger partial charge >= 0.3 is 0 Å². The van der Waals surface area contributed by atoms with Crippen molar-refractivity contribution in [1.29, 1.82) is 0 Å². The molecule has 1 aromatic carbocycles. The highest BCUT2D eigenvalue weighted by molar-refractivity contribution is 7.89. The highest BCUT2D eigenvalue weighted by Gasteiger charge is 2.33. The number of ether oxygens (including phenoxy) is 1. The van der Waals surface area contributed by atoms with E-state index in [4.69, 9.17) is 4.74 Å². The van der Waals surface area contributed by atoms with Gasteiger partial charge in [0.1, 0.15) is 5.75 Å². The van der Waals surface area contributed by atoms with E-state index in [9.17, 15) is 8.42 Å². The van der Waals surface area contributed by atoms with Crippen molar-refractivity contribution in [3.8, 4) is 5.75 Å². The number of hydrogen-bond donors (Lipinski definition) is 1. The number of piperidine rings is 1. The van der Waals surface area contributed by atoms with E-state index in [2.05, 4.69) is 20.9 Å². The average Bonchev–Trinajstić information content (AvgIpc) is 2.54. The van der Waals surface area contributed by atoms with Crippen LogP contribution in [0.15, 0.2) is 29.2 Å². The summed E-state index contributed by atoms with van der Waals surface area (Å²) in [6.45, 7) is 5.61. The van der Waals surface area contributed by atoms with Crippen LogP contribution in [-0.2, 0) is 10.0 Å². The smallest absolute Gasteiger partial charge is 0.243 e. The van der Waals surface area contributed by atoms with E-state index in [0.717, 1.165) is 12.8 Å². The summed E-state index contributed by atoms with van der Waals surface area (Å²) in [5.41, 5.74) is 0. The Kier molecular flexibility index (Phi) is 5.47. The van der Waals surface area contributed by atoms with Gasteiger partial charge in [-0.3, -0.25) is 0 Å². The Balaban J connectivity index is 2.05. The van der Waals surface area contributed by atoms with Crippen LogP contribution in [0.2, 0.25) is 0 Å². The maximum Gasteiger partial charge on any atom is 0.243 e. The molecule has 0 amide bonds. The zero-order chi connectivity index (χ0) is 16.3. The standard InChI is InChI=1S/C16H26N2O3S/c1-13(2)17(3)14-9-11-18(12-10-14)22(19,20)16-7-5-15(21-4)6-8-16/h5-8,13-14H,9-12H2,1-4H3/p+1. The molecule has 0 aromatic heterocycles. The Bertz CT molecular complexity index is 576. The minimum Gasteiger partial charge on any atom is -0.497 e. The van der Waals surface area contributed by atoms with E-state index in [1.54, 1.807) is 35.7 Å². The van der Waals surface area contributed by atoms with Crippen LogP contribution < -0.4 is 9.64 Å². The van der Waals surface area contributed by atoms with Crippen molar-refractivity contribution in [2.24, 2.45) is 0 Å². The minimum absolute atomic E-state index is 0.344. The van der Waals surface area contributed by atoms with Crippen LogP contribution in [0.25, 0.3) is 0 Å². The normalized spacial score (nSPS) is 19.3. The van der Waals surface area contributed by atoms with Crippen molar-refractivity contribution in [3.05, 3.63) is 24.3 Å². The predicted molar refractivity (Wildman–Crippen MR) is 86.8 cm³/mol. The molecule has 1 fully saturated rings. The van der Waals surface area contributed by atoms with Gasteiger partial charge < -0.3 is 9.64 Å². The number of methoxy groups -OCH3 is 1. The van der Waals surface area contributed by atoms with Crippen molar-refractivity contribution < 1.29 is 18.1 Å². The quantitative estimate of drug-likeness (QED) is 0.869. The van der Waals surface area contributed by atoms with Crippen LogP contribution >= 0.6 is 0 Å². The summed E-state index contributed by atoms with van der Waals surface area (Å²) < 4.78 is 32.0. The molecule has 0 saturated carbocycles. The van der Waals surface area contributed by atoms with E-state index in [1.165, 1.54) is 4.90 Å². The van der Waals surface area contributed by atoms with Gasteiger partial charge in [0.25, 0.3) is 0 Å².